The molecule has 1 aliphatic heterocycles. The zero-order valence-electron chi connectivity index (χ0n) is 17.3. The summed E-state index contributed by atoms with van der Waals surface area (Å²) >= 11 is 5.94. The van der Waals surface area contributed by atoms with Gasteiger partial charge in [0.1, 0.15) is 12.4 Å². The number of piperidine rings is 1. The third-order valence-corrected chi connectivity index (χ3v) is 7.36. The van der Waals surface area contributed by atoms with Crippen LogP contribution in [0.1, 0.15) is 35.2 Å². The molecule has 0 unspecified atom stereocenters. The van der Waals surface area contributed by atoms with E-state index in [0.717, 1.165) is 24.8 Å². The molecular weight excluding hydrogens is 424 g/mol. The predicted molar refractivity (Wildman–Crippen MR) is 118 cm³/mol. The van der Waals surface area contributed by atoms with E-state index in [2.05, 4.69) is 0 Å². The molecule has 2 aromatic rings. The Kier molecular flexibility index (Phi) is 7.39. The molecule has 1 amide bonds. The predicted octanol–water partition coefficient (Wildman–Crippen LogP) is 3.97. The van der Waals surface area contributed by atoms with Gasteiger partial charge in [-0.25, -0.2) is 8.42 Å². The van der Waals surface area contributed by atoms with Crippen molar-refractivity contribution in [3.63, 3.8) is 0 Å². The van der Waals surface area contributed by atoms with E-state index in [-0.39, 0.29) is 10.8 Å². The van der Waals surface area contributed by atoms with E-state index >= 15 is 0 Å². The van der Waals surface area contributed by atoms with Crippen molar-refractivity contribution in [1.29, 1.82) is 0 Å². The Morgan fingerprint density at radius 1 is 1.13 bits per heavy atom. The topological polar surface area (TPSA) is 66.9 Å². The summed E-state index contributed by atoms with van der Waals surface area (Å²) in [6.07, 6.45) is 2.78. The number of rotatable bonds is 7. The second kappa shape index (κ2) is 9.81. The van der Waals surface area contributed by atoms with E-state index in [9.17, 15) is 13.2 Å². The molecule has 0 saturated carbocycles. The van der Waals surface area contributed by atoms with Gasteiger partial charge in [-0.1, -0.05) is 30.2 Å². The first-order valence-corrected chi connectivity index (χ1v) is 11.9. The smallest absolute Gasteiger partial charge is 0.254 e. The SMILES string of the molecule is Cc1ccc(S(=O)(=O)N2CCCCC2)cc1C(=O)N(C)CCOc1cccc(Cl)c1. The van der Waals surface area contributed by atoms with Gasteiger partial charge in [-0.3, -0.25) is 4.79 Å². The molecule has 1 saturated heterocycles. The van der Waals surface area contributed by atoms with Crippen LogP contribution in [0.3, 0.4) is 0 Å². The number of aryl methyl sites for hydroxylation is 1. The van der Waals surface area contributed by atoms with Crippen molar-refractivity contribution >= 4 is 27.5 Å². The quantitative estimate of drug-likeness (QED) is 0.640. The molecule has 3 rings (SSSR count). The fourth-order valence-corrected chi connectivity index (χ4v) is 5.13. The number of nitrogens with zero attached hydrogens (tertiary/aromatic N) is 2. The summed E-state index contributed by atoms with van der Waals surface area (Å²) in [6.45, 7) is 3.52. The third kappa shape index (κ3) is 5.33. The highest BCUT2D eigenvalue weighted by molar-refractivity contribution is 7.89. The van der Waals surface area contributed by atoms with Gasteiger partial charge >= 0.3 is 0 Å². The number of amides is 1. The molecule has 0 radical (unpaired) electrons. The number of sulfonamides is 1. The van der Waals surface area contributed by atoms with Gasteiger partial charge < -0.3 is 9.64 Å². The molecule has 30 heavy (non-hydrogen) atoms. The summed E-state index contributed by atoms with van der Waals surface area (Å²) < 4.78 is 33.1. The van der Waals surface area contributed by atoms with Gasteiger partial charge in [0.05, 0.1) is 11.4 Å². The molecule has 2 aromatic carbocycles. The molecule has 0 N–H and O–H groups in total. The van der Waals surface area contributed by atoms with Crippen LogP contribution < -0.4 is 4.74 Å². The Balaban J connectivity index is 1.69. The summed E-state index contributed by atoms with van der Waals surface area (Å²) in [4.78, 5) is 14.7. The fourth-order valence-electron chi connectivity index (χ4n) is 3.41. The van der Waals surface area contributed by atoms with Crippen LogP contribution in [0.4, 0.5) is 0 Å². The summed E-state index contributed by atoms with van der Waals surface area (Å²) in [6, 6.07) is 11.8. The lowest BCUT2D eigenvalue weighted by Crippen LogP contribution is -2.36. The second-order valence-electron chi connectivity index (χ2n) is 7.47. The Morgan fingerprint density at radius 3 is 2.57 bits per heavy atom. The van der Waals surface area contributed by atoms with Crippen LogP contribution in [0, 0.1) is 6.92 Å². The maximum absolute atomic E-state index is 13.0. The average molecular weight is 451 g/mol. The maximum Gasteiger partial charge on any atom is 0.254 e. The van der Waals surface area contributed by atoms with Crippen molar-refractivity contribution < 1.29 is 17.9 Å². The molecule has 0 spiro atoms. The molecule has 1 heterocycles. The number of ether oxygens (including phenoxy) is 1. The van der Waals surface area contributed by atoms with Crippen LogP contribution in [0.5, 0.6) is 5.75 Å². The van der Waals surface area contributed by atoms with Crippen LogP contribution in [0.2, 0.25) is 5.02 Å². The van der Waals surface area contributed by atoms with Crippen molar-refractivity contribution in [3.8, 4) is 5.75 Å². The first-order chi connectivity index (χ1) is 14.3. The van der Waals surface area contributed by atoms with Crippen LogP contribution >= 0.6 is 11.6 Å². The second-order valence-corrected chi connectivity index (χ2v) is 9.85. The van der Waals surface area contributed by atoms with Gasteiger partial charge in [0.15, 0.2) is 0 Å². The zero-order valence-corrected chi connectivity index (χ0v) is 18.9. The normalized spacial score (nSPS) is 15.0. The Morgan fingerprint density at radius 2 is 1.87 bits per heavy atom. The van der Waals surface area contributed by atoms with Crippen LogP contribution in [0.25, 0.3) is 0 Å². The molecule has 0 aliphatic carbocycles. The zero-order chi connectivity index (χ0) is 21.7. The van der Waals surface area contributed by atoms with Gasteiger partial charge in [0.2, 0.25) is 10.0 Å². The number of halogens is 1. The number of hydrogen-bond donors (Lipinski definition) is 0. The molecule has 162 valence electrons. The monoisotopic (exact) mass is 450 g/mol. The van der Waals surface area contributed by atoms with Crippen molar-refractivity contribution in [1.82, 2.24) is 9.21 Å². The summed E-state index contributed by atoms with van der Waals surface area (Å²) in [5.74, 6) is 0.395. The largest absolute Gasteiger partial charge is 0.492 e. The highest BCUT2D eigenvalue weighted by atomic mass is 35.5. The lowest BCUT2D eigenvalue weighted by Gasteiger charge is -2.26. The lowest BCUT2D eigenvalue weighted by atomic mass is 10.1. The summed E-state index contributed by atoms with van der Waals surface area (Å²) in [7, 11) is -1.92. The molecule has 6 nitrogen and oxygen atoms in total. The Hall–Kier alpha value is -2.09. The van der Waals surface area contributed by atoms with Crippen LogP contribution in [-0.2, 0) is 10.0 Å². The maximum atomic E-state index is 13.0. The van der Waals surface area contributed by atoms with E-state index in [1.165, 1.54) is 15.3 Å². The van der Waals surface area contributed by atoms with Gasteiger partial charge in [0.25, 0.3) is 5.91 Å². The number of carbonyl (C=O) groups is 1. The van der Waals surface area contributed by atoms with E-state index in [4.69, 9.17) is 16.3 Å². The first kappa shape index (κ1) is 22.6. The van der Waals surface area contributed by atoms with E-state index in [1.807, 2.05) is 0 Å². The number of hydrogen-bond acceptors (Lipinski definition) is 4. The lowest BCUT2D eigenvalue weighted by molar-refractivity contribution is 0.0773. The van der Waals surface area contributed by atoms with E-state index < -0.39 is 10.0 Å². The standard InChI is InChI=1S/C22H27ClN2O4S/c1-17-9-10-20(30(27,28)25-11-4-3-5-12-25)16-21(17)22(26)24(2)13-14-29-19-8-6-7-18(23)15-19/h6-10,15-16H,3-5,11-14H2,1-2H3. The summed E-state index contributed by atoms with van der Waals surface area (Å²) in [5, 5.41) is 0.583. The molecular formula is C22H27ClN2O4S. The number of carbonyl (C=O) groups excluding carboxylic acids is 1. The number of benzene rings is 2. The molecule has 0 aromatic heterocycles. The van der Waals surface area contributed by atoms with Crippen LogP contribution in [0.15, 0.2) is 47.4 Å². The van der Waals surface area contributed by atoms with Gasteiger partial charge in [-0.2, -0.15) is 4.31 Å². The molecule has 1 aliphatic rings. The average Bonchev–Trinajstić information content (AvgIpc) is 2.74. The van der Waals surface area contributed by atoms with Gasteiger partial charge in [-0.15, -0.1) is 0 Å². The van der Waals surface area contributed by atoms with Crippen molar-refractivity contribution in [2.24, 2.45) is 0 Å². The highest BCUT2D eigenvalue weighted by Crippen LogP contribution is 2.23. The third-order valence-electron chi connectivity index (χ3n) is 5.23. The molecule has 1 fully saturated rings. The van der Waals surface area contributed by atoms with Crippen molar-refractivity contribution in [2.75, 3.05) is 33.3 Å². The minimum atomic E-state index is -3.59. The molecule has 0 atom stereocenters. The molecule has 0 bridgehead atoms. The minimum Gasteiger partial charge on any atom is -0.492 e. The van der Waals surface area contributed by atoms with E-state index in [0.29, 0.717) is 42.6 Å². The first-order valence-electron chi connectivity index (χ1n) is 10.0. The number of likely N-dealkylation sites (N-methyl/N-ethyl adjacent to an activating group) is 1. The van der Waals surface area contributed by atoms with Crippen LogP contribution in [-0.4, -0.2) is 56.8 Å². The van der Waals surface area contributed by atoms with Gasteiger partial charge in [0, 0.05) is 30.7 Å². The fraction of sp³-hybridized carbons (Fsp3) is 0.409. The van der Waals surface area contributed by atoms with Crippen molar-refractivity contribution in [3.05, 3.63) is 58.6 Å². The summed E-state index contributed by atoms with van der Waals surface area (Å²) in [5.41, 5.74) is 1.12. The molecule has 8 heteroatoms. The van der Waals surface area contributed by atoms with Gasteiger partial charge in [-0.05, 0) is 55.7 Å². The Bertz CT molecular complexity index is 1000. The highest BCUT2D eigenvalue weighted by Gasteiger charge is 2.27. The van der Waals surface area contributed by atoms with Crippen molar-refractivity contribution in [2.45, 2.75) is 31.1 Å². The van der Waals surface area contributed by atoms with E-state index in [1.54, 1.807) is 50.4 Å². The Labute approximate surface area is 183 Å². The minimum absolute atomic E-state index is 0.168.